The molecule has 0 unspecified atom stereocenters. The van der Waals surface area contributed by atoms with Crippen molar-refractivity contribution >= 4 is 25.7 Å². The van der Waals surface area contributed by atoms with Gasteiger partial charge in [0.15, 0.2) is 0 Å². The quantitative estimate of drug-likeness (QED) is 0.334. The Morgan fingerprint density at radius 2 is 2.75 bits per heavy atom. The first-order valence-corrected chi connectivity index (χ1v) is 1.22. The lowest BCUT2D eigenvalue weighted by Gasteiger charge is -1.67. The van der Waals surface area contributed by atoms with Crippen LogP contribution in [0.25, 0.3) is 0 Å². The SMILES string of the molecule is [2H]N([B])C=S. The Bertz CT molecular complexity index is 38.6. The third kappa shape index (κ3) is 1.95. The fourth-order valence-electron chi connectivity index (χ4n) is 0. The van der Waals surface area contributed by atoms with Crippen LogP contribution in [-0.2, 0) is 0 Å². The highest BCUT2D eigenvalue weighted by Gasteiger charge is 1.40. The van der Waals surface area contributed by atoms with E-state index in [0.717, 1.165) is 5.49 Å². The van der Waals surface area contributed by atoms with Gasteiger partial charge in [-0.3, -0.25) is 0 Å². The van der Waals surface area contributed by atoms with Crippen LogP contribution in [-0.4, -0.2) is 13.5 Å². The van der Waals surface area contributed by atoms with Crippen molar-refractivity contribution in [1.29, 1.82) is 0 Å². The molecule has 0 bridgehead atoms. The molecule has 4 heavy (non-hydrogen) atoms. The van der Waals surface area contributed by atoms with Gasteiger partial charge in [-0.15, -0.1) is 0 Å². The van der Waals surface area contributed by atoms with E-state index in [9.17, 15) is 0 Å². The fourth-order valence-corrected chi connectivity index (χ4v) is 0. The number of nitrogens with one attached hydrogen (secondary N) is 1. The molecule has 1 nitrogen and oxygen atoms in total. The lowest BCUT2D eigenvalue weighted by Crippen LogP contribution is -1.99. The molecule has 0 saturated carbocycles. The van der Waals surface area contributed by atoms with Crippen LogP contribution in [0.5, 0.6) is 0 Å². The monoisotopic (exact) mass is 72.0 g/mol. The van der Waals surface area contributed by atoms with Crippen molar-refractivity contribution in [3.8, 4) is 0 Å². The summed E-state index contributed by atoms with van der Waals surface area (Å²) in [6, 6.07) is 0. The number of thiocarbonyl (C=S) groups is 1. The molecular formula is CH2BNS. The molecule has 20 valence electrons. The van der Waals surface area contributed by atoms with E-state index in [1.54, 1.807) is 0 Å². The maximum atomic E-state index is 6.28. The smallest absolute Gasteiger partial charge is 0.222 e. The Labute approximate surface area is 33.3 Å². The Hall–Kier alpha value is -0.0451. The normalized spacial score (nSPS) is 8.50. The molecule has 0 aliphatic heterocycles. The standard InChI is InChI=1S/CH2BNS/c2-3-1-4/h1H,(H,3,4)/i/hD. The average Bonchev–Trinajstić information content (AvgIpc) is 1.38. The molecule has 3 heteroatoms. The molecule has 0 fully saturated rings. The van der Waals surface area contributed by atoms with Crippen molar-refractivity contribution < 1.29 is 1.41 Å². The first-order valence-electron chi connectivity index (χ1n) is 1.20. The van der Waals surface area contributed by atoms with Crippen molar-refractivity contribution in [2.75, 3.05) is 0 Å². The van der Waals surface area contributed by atoms with Crippen LogP contribution >= 0.6 is 12.2 Å². The minimum atomic E-state index is 0.565. The van der Waals surface area contributed by atoms with Gasteiger partial charge in [-0.1, -0.05) is 12.2 Å². The first kappa shape index (κ1) is 2.21. The molecule has 0 amide bonds. The Kier molecular flexibility index (Phi) is 1.63. The molecule has 0 heterocycles. The van der Waals surface area contributed by atoms with Crippen LogP contribution in [0, 0.1) is 0 Å². The topological polar surface area (TPSA) is 12.0 Å². The van der Waals surface area contributed by atoms with Gasteiger partial charge in [0.2, 0.25) is 7.98 Å². The fraction of sp³-hybridized carbons (Fsp3) is 0. The molecular weight excluding hydrogens is 68.9 g/mol. The van der Waals surface area contributed by atoms with E-state index in [-0.39, 0.29) is 0 Å². The third-order valence-corrected chi connectivity index (χ3v) is 0.183. The van der Waals surface area contributed by atoms with Gasteiger partial charge in [-0.05, 0) is 0 Å². The highest BCUT2D eigenvalue weighted by molar-refractivity contribution is 7.78. The van der Waals surface area contributed by atoms with Crippen LogP contribution in [0.15, 0.2) is 0 Å². The molecule has 0 aliphatic carbocycles. The third-order valence-electron chi connectivity index (χ3n) is 0.0609. The summed E-state index contributed by atoms with van der Waals surface area (Å²) < 4.78 is 6.28. The summed E-state index contributed by atoms with van der Waals surface area (Å²) >= 11 is 4.16. The van der Waals surface area contributed by atoms with Crippen molar-refractivity contribution in [1.82, 2.24) is 5.22 Å². The van der Waals surface area contributed by atoms with Crippen molar-refractivity contribution in [3.63, 3.8) is 0 Å². The predicted molar refractivity (Wildman–Crippen MR) is 22.5 cm³/mol. The second-order valence-corrected chi connectivity index (χ2v) is 0.465. The van der Waals surface area contributed by atoms with Gasteiger partial charge in [-0.25, -0.2) is 0 Å². The lowest BCUT2D eigenvalue weighted by atomic mass is 10.5. The highest BCUT2D eigenvalue weighted by atomic mass is 32.1. The van der Waals surface area contributed by atoms with Gasteiger partial charge >= 0.3 is 0 Å². The van der Waals surface area contributed by atoms with Crippen molar-refractivity contribution in [2.45, 2.75) is 0 Å². The molecule has 1 N–H and O–H groups in total. The van der Waals surface area contributed by atoms with E-state index in [1.165, 1.54) is 0 Å². The van der Waals surface area contributed by atoms with Gasteiger partial charge in [-0.2, -0.15) is 0 Å². The van der Waals surface area contributed by atoms with E-state index < -0.39 is 0 Å². The van der Waals surface area contributed by atoms with E-state index in [0.29, 0.717) is 5.22 Å². The predicted octanol–water partition coefficient (Wildman–Crippen LogP) is -0.383. The van der Waals surface area contributed by atoms with E-state index in [2.05, 4.69) is 20.2 Å². The number of hydrogen-bond donors (Lipinski definition) is 1. The largest absolute Gasteiger partial charge is 0.435 e. The average molecular weight is 71.9 g/mol. The van der Waals surface area contributed by atoms with Gasteiger partial charge in [0.25, 0.3) is 0 Å². The summed E-state index contributed by atoms with van der Waals surface area (Å²) in [5.41, 5.74) is 1.03. The summed E-state index contributed by atoms with van der Waals surface area (Å²) in [6.45, 7) is 0. The summed E-state index contributed by atoms with van der Waals surface area (Å²) in [4.78, 5) is 0. The zero-order valence-electron chi connectivity index (χ0n) is 3.01. The Morgan fingerprint density at radius 1 is 2.50 bits per heavy atom. The van der Waals surface area contributed by atoms with Crippen LogP contribution in [0.2, 0.25) is 1.41 Å². The van der Waals surface area contributed by atoms with Gasteiger partial charge < -0.3 is 5.22 Å². The number of rotatable bonds is 1. The molecule has 0 aromatic heterocycles. The van der Waals surface area contributed by atoms with E-state index in [1.807, 2.05) is 0 Å². The van der Waals surface area contributed by atoms with Gasteiger partial charge in [0.05, 0.1) is 0 Å². The Morgan fingerprint density at radius 3 is 2.75 bits per heavy atom. The molecule has 0 saturated heterocycles. The first-order chi connectivity index (χ1) is 2.27. The van der Waals surface area contributed by atoms with Crippen molar-refractivity contribution in [2.24, 2.45) is 0 Å². The minimum absolute atomic E-state index is 0.565. The molecule has 0 aromatic rings. The second kappa shape index (κ2) is 2.95. The second-order valence-electron chi connectivity index (χ2n) is 0.254. The van der Waals surface area contributed by atoms with Gasteiger partial charge in [0.1, 0.15) is 1.41 Å². The van der Waals surface area contributed by atoms with Gasteiger partial charge in [0, 0.05) is 5.49 Å². The van der Waals surface area contributed by atoms with Crippen molar-refractivity contribution in [3.05, 3.63) is 0 Å². The summed E-state index contributed by atoms with van der Waals surface area (Å²) in [6.07, 6.45) is 0. The molecule has 2 radical (unpaired) electrons. The zero-order chi connectivity index (χ0) is 4.28. The maximum absolute atomic E-state index is 6.28. The maximum Gasteiger partial charge on any atom is 0.222 e. The molecule has 0 aromatic carbocycles. The van der Waals surface area contributed by atoms with E-state index in [4.69, 9.17) is 1.41 Å². The van der Waals surface area contributed by atoms with Crippen LogP contribution in [0.1, 0.15) is 0 Å². The number of hydrogen-bond acceptors (Lipinski definition) is 1. The van der Waals surface area contributed by atoms with Crippen LogP contribution in [0.4, 0.5) is 0 Å². The molecule has 0 aliphatic rings. The summed E-state index contributed by atoms with van der Waals surface area (Å²) in [7, 11) is 4.63. The highest BCUT2D eigenvalue weighted by Crippen LogP contribution is 1.27. The zero-order valence-corrected chi connectivity index (χ0v) is 2.83. The van der Waals surface area contributed by atoms with Crippen LogP contribution < -0.4 is 5.22 Å². The summed E-state index contributed by atoms with van der Waals surface area (Å²) in [5, 5.41) is 0.565. The van der Waals surface area contributed by atoms with E-state index >= 15 is 0 Å². The molecule has 0 rings (SSSR count). The summed E-state index contributed by atoms with van der Waals surface area (Å²) in [5.74, 6) is 0. The minimum Gasteiger partial charge on any atom is -0.435 e. The van der Waals surface area contributed by atoms with Crippen LogP contribution in [0.3, 0.4) is 0 Å². The molecule has 0 atom stereocenters. The lowest BCUT2D eigenvalue weighted by molar-refractivity contribution is 1.63. The Balaban J connectivity index is 2.83. The molecule has 0 spiro atoms.